The summed E-state index contributed by atoms with van der Waals surface area (Å²) in [4.78, 5) is 46.5. The number of aromatic nitrogens is 2. The van der Waals surface area contributed by atoms with Gasteiger partial charge in [-0.15, -0.1) is 0 Å². The Labute approximate surface area is 133 Å². The van der Waals surface area contributed by atoms with Gasteiger partial charge in [0.05, 0.1) is 31.7 Å². The van der Waals surface area contributed by atoms with Crippen LogP contribution in [0.25, 0.3) is 0 Å². The average molecular weight is 318 g/mol. The highest BCUT2D eigenvalue weighted by atomic mass is 16.6. The van der Waals surface area contributed by atoms with E-state index in [9.17, 15) is 14.4 Å². The summed E-state index contributed by atoms with van der Waals surface area (Å²) in [5.41, 5.74) is 0.927. The highest BCUT2D eigenvalue weighted by Gasteiger charge is 2.33. The summed E-state index contributed by atoms with van der Waals surface area (Å²) in [5.74, 6) is -0.225. The van der Waals surface area contributed by atoms with Gasteiger partial charge in [0, 0.05) is 11.8 Å². The second-order valence-electron chi connectivity index (χ2n) is 6.67. The summed E-state index contributed by atoms with van der Waals surface area (Å²) in [5, 5.41) is 0. The first-order valence-electron chi connectivity index (χ1n) is 7.38. The van der Waals surface area contributed by atoms with Crippen molar-refractivity contribution in [2.75, 3.05) is 11.4 Å². The van der Waals surface area contributed by atoms with E-state index in [0.717, 1.165) is 5.56 Å². The van der Waals surface area contributed by atoms with Crippen molar-refractivity contribution in [1.29, 1.82) is 0 Å². The largest absolute Gasteiger partial charge is 0.444 e. The van der Waals surface area contributed by atoms with Crippen molar-refractivity contribution in [3.8, 4) is 0 Å². The van der Waals surface area contributed by atoms with Gasteiger partial charge in [0.2, 0.25) is 11.9 Å². The SMILES string of the molecule is CC(C)(C)OC(=O)N1Cc2cnc(N3CC(=O)CC3=O)nc2C1. The van der Waals surface area contributed by atoms with Crippen molar-refractivity contribution in [1.82, 2.24) is 14.9 Å². The minimum atomic E-state index is -0.564. The summed E-state index contributed by atoms with van der Waals surface area (Å²) >= 11 is 0. The van der Waals surface area contributed by atoms with E-state index in [1.807, 2.05) is 20.8 Å². The molecule has 0 N–H and O–H groups in total. The lowest BCUT2D eigenvalue weighted by Gasteiger charge is -2.23. The second kappa shape index (κ2) is 5.29. The van der Waals surface area contributed by atoms with E-state index >= 15 is 0 Å². The van der Waals surface area contributed by atoms with Crippen molar-refractivity contribution in [2.45, 2.75) is 45.9 Å². The highest BCUT2D eigenvalue weighted by molar-refractivity contribution is 6.14. The molecule has 0 saturated carbocycles. The first kappa shape index (κ1) is 15.4. The zero-order valence-corrected chi connectivity index (χ0v) is 13.3. The van der Waals surface area contributed by atoms with Crippen LogP contribution in [0.3, 0.4) is 0 Å². The van der Waals surface area contributed by atoms with E-state index < -0.39 is 11.7 Å². The van der Waals surface area contributed by atoms with Crippen molar-refractivity contribution in [3.05, 3.63) is 17.5 Å². The molecule has 2 aliphatic heterocycles. The van der Waals surface area contributed by atoms with Gasteiger partial charge in [-0.1, -0.05) is 0 Å². The molecule has 3 rings (SSSR count). The molecule has 0 atom stereocenters. The number of ketones is 1. The molecule has 1 fully saturated rings. The molecule has 3 heterocycles. The average Bonchev–Trinajstić information content (AvgIpc) is 2.99. The van der Waals surface area contributed by atoms with Crippen LogP contribution in [0.2, 0.25) is 0 Å². The maximum atomic E-state index is 12.1. The smallest absolute Gasteiger partial charge is 0.410 e. The standard InChI is InChI=1S/C15H18N4O4/c1-15(2,3)23-14(22)18-6-9-5-16-13(17-11(9)8-18)19-7-10(20)4-12(19)21/h5H,4,6-8H2,1-3H3. The number of hydrogen-bond donors (Lipinski definition) is 0. The predicted molar refractivity (Wildman–Crippen MR) is 79.5 cm³/mol. The van der Waals surface area contributed by atoms with Gasteiger partial charge in [-0.05, 0) is 20.8 Å². The van der Waals surface area contributed by atoms with E-state index in [1.165, 1.54) is 9.80 Å². The Morgan fingerprint density at radius 2 is 1.96 bits per heavy atom. The Morgan fingerprint density at radius 1 is 1.22 bits per heavy atom. The van der Waals surface area contributed by atoms with Gasteiger partial charge >= 0.3 is 6.09 Å². The second-order valence-corrected chi connectivity index (χ2v) is 6.67. The van der Waals surface area contributed by atoms with E-state index in [1.54, 1.807) is 6.20 Å². The Kier molecular flexibility index (Phi) is 3.54. The lowest BCUT2D eigenvalue weighted by Crippen LogP contribution is -2.33. The predicted octanol–water partition coefficient (Wildman–Crippen LogP) is 1.03. The van der Waals surface area contributed by atoms with Crippen LogP contribution >= 0.6 is 0 Å². The third-order valence-corrected chi connectivity index (χ3v) is 3.52. The minimum absolute atomic E-state index is 0.00734. The monoisotopic (exact) mass is 318 g/mol. The van der Waals surface area contributed by atoms with Crippen LogP contribution in [0.5, 0.6) is 0 Å². The molecule has 0 aromatic carbocycles. The number of Topliss-reactive ketones (excluding diaryl/α,β-unsaturated/α-hetero) is 1. The fourth-order valence-corrected chi connectivity index (χ4v) is 2.50. The van der Waals surface area contributed by atoms with E-state index in [2.05, 4.69) is 9.97 Å². The minimum Gasteiger partial charge on any atom is -0.444 e. The normalized spacial score (nSPS) is 17.7. The van der Waals surface area contributed by atoms with Gasteiger partial charge in [-0.2, -0.15) is 0 Å². The lowest BCUT2D eigenvalue weighted by atomic mass is 10.2. The Hall–Kier alpha value is -2.51. The van der Waals surface area contributed by atoms with Gasteiger partial charge < -0.3 is 4.74 Å². The number of rotatable bonds is 1. The van der Waals surface area contributed by atoms with Crippen LogP contribution in [0.4, 0.5) is 10.7 Å². The molecule has 122 valence electrons. The number of nitrogens with zero attached hydrogens (tertiary/aromatic N) is 4. The maximum absolute atomic E-state index is 12.1. The van der Waals surface area contributed by atoms with Crippen LogP contribution in [0, 0.1) is 0 Å². The van der Waals surface area contributed by atoms with Gasteiger partial charge in [-0.25, -0.2) is 14.8 Å². The Bertz CT molecular complexity index is 695. The van der Waals surface area contributed by atoms with Crippen LogP contribution in [0.15, 0.2) is 6.20 Å². The molecule has 8 nitrogen and oxygen atoms in total. The first-order chi connectivity index (χ1) is 10.7. The van der Waals surface area contributed by atoms with E-state index in [0.29, 0.717) is 18.8 Å². The van der Waals surface area contributed by atoms with Crippen LogP contribution in [-0.4, -0.2) is 44.8 Å². The molecule has 2 aliphatic rings. The third-order valence-electron chi connectivity index (χ3n) is 3.52. The maximum Gasteiger partial charge on any atom is 0.410 e. The first-order valence-corrected chi connectivity index (χ1v) is 7.38. The Balaban J connectivity index is 1.75. The summed E-state index contributed by atoms with van der Waals surface area (Å²) in [6.45, 7) is 6.10. The van der Waals surface area contributed by atoms with Crippen LogP contribution in [0.1, 0.15) is 38.4 Å². The zero-order chi connectivity index (χ0) is 16.8. The molecule has 1 aromatic rings. The van der Waals surface area contributed by atoms with E-state index in [4.69, 9.17) is 4.74 Å². The third kappa shape index (κ3) is 3.15. The molecule has 0 bridgehead atoms. The van der Waals surface area contributed by atoms with Crippen molar-refractivity contribution in [3.63, 3.8) is 0 Å². The molecule has 1 aromatic heterocycles. The molecule has 0 aliphatic carbocycles. The van der Waals surface area contributed by atoms with E-state index in [-0.39, 0.29) is 30.6 Å². The molecular weight excluding hydrogens is 300 g/mol. The Morgan fingerprint density at radius 3 is 2.57 bits per heavy atom. The topological polar surface area (TPSA) is 92.7 Å². The number of ether oxygens (including phenoxy) is 1. The molecule has 23 heavy (non-hydrogen) atoms. The number of amides is 2. The molecule has 2 amide bonds. The number of anilines is 1. The zero-order valence-electron chi connectivity index (χ0n) is 13.3. The molecule has 0 radical (unpaired) electrons. The molecule has 0 unspecified atom stereocenters. The van der Waals surface area contributed by atoms with Gasteiger partial charge in [-0.3, -0.25) is 19.4 Å². The molecular formula is C15H18N4O4. The van der Waals surface area contributed by atoms with Crippen molar-refractivity contribution in [2.24, 2.45) is 0 Å². The summed E-state index contributed by atoms with van der Waals surface area (Å²) < 4.78 is 5.34. The van der Waals surface area contributed by atoms with Gasteiger partial charge in [0.1, 0.15) is 5.60 Å². The van der Waals surface area contributed by atoms with Crippen molar-refractivity contribution >= 4 is 23.7 Å². The van der Waals surface area contributed by atoms with Gasteiger partial charge in [0.15, 0.2) is 5.78 Å². The van der Waals surface area contributed by atoms with Crippen molar-refractivity contribution < 1.29 is 19.1 Å². The fraction of sp³-hybridized carbons (Fsp3) is 0.533. The summed E-state index contributed by atoms with van der Waals surface area (Å²) in [7, 11) is 0. The fourth-order valence-electron chi connectivity index (χ4n) is 2.50. The molecule has 0 spiro atoms. The number of carbonyl (C=O) groups excluding carboxylic acids is 3. The molecule has 8 heteroatoms. The highest BCUT2D eigenvalue weighted by Crippen LogP contribution is 2.25. The molecule has 1 saturated heterocycles. The summed E-state index contributed by atoms with van der Waals surface area (Å²) in [6, 6.07) is 0. The quantitative estimate of drug-likeness (QED) is 0.718. The summed E-state index contributed by atoms with van der Waals surface area (Å²) in [6.07, 6.45) is 1.08. The van der Waals surface area contributed by atoms with Crippen LogP contribution in [-0.2, 0) is 27.4 Å². The lowest BCUT2D eigenvalue weighted by molar-refractivity contribution is -0.121. The number of fused-ring (bicyclic) bond motifs is 1. The van der Waals surface area contributed by atoms with Gasteiger partial charge in [0.25, 0.3) is 0 Å². The van der Waals surface area contributed by atoms with Crippen LogP contribution < -0.4 is 4.90 Å². The number of carbonyl (C=O) groups is 3. The number of hydrogen-bond acceptors (Lipinski definition) is 6.